The summed E-state index contributed by atoms with van der Waals surface area (Å²) in [7, 11) is 2.02. The molecule has 0 saturated carbocycles. The van der Waals surface area contributed by atoms with Crippen LogP contribution in [0.4, 0.5) is 11.6 Å². The van der Waals surface area contributed by atoms with Crippen LogP contribution in [-0.2, 0) is 0 Å². The predicted octanol–water partition coefficient (Wildman–Crippen LogP) is 5.32. The molecule has 1 atom stereocenters. The Hall–Kier alpha value is -3.11. The van der Waals surface area contributed by atoms with E-state index in [2.05, 4.69) is 56.1 Å². The molecule has 4 aromatic rings. The van der Waals surface area contributed by atoms with Crippen LogP contribution in [0.1, 0.15) is 17.2 Å². The Kier molecular flexibility index (Phi) is 3.73. The lowest BCUT2D eigenvalue weighted by Gasteiger charge is -2.34. The van der Waals surface area contributed by atoms with Gasteiger partial charge in [-0.1, -0.05) is 72.3 Å². The molecule has 1 aliphatic rings. The van der Waals surface area contributed by atoms with Crippen molar-refractivity contribution in [2.24, 2.45) is 0 Å². The third-order valence-electron chi connectivity index (χ3n) is 5.03. The second-order valence-electron chi connectivity index (χ2n) is 6.64. The summed E-state index contributed by atoms with van der Waals surface area (Å²) in [6.07, 6.45) is 0. The van der Waals surface area contributed by atoms with Gasteiger partial charge in [0.2, 0.25) is 5.95 Å². The quantitative estimate of drug-likeness (QED) is 0.477. The van der Waals surface area contributed by atoms with Crippen LogP contribution in [0.2, 0.25) is 5.02 Å². The third kappa shape index (κ3) is 2.53. The van der Waals surface area contributed by atoms with E-state index in [-0.39, 0.29) is 6.04 Å². The van der Waals surface area contributed by atoms with E-state index in [1.54, 1.807) is 0 Å². The summed E-state index contributed by atoms with van der Waals surface area (Å²) >= 11 is 6.38. The molecule has 5 heteroatoms. The summed E-state index contributed by atoms with van der Waals surface area (Å²) in [6, 6.07) is 26.6. The van der Waals surface area contributed by atoms with Crippen LogP contribution in [0, 0.1) is 0 Å². The van der Waals surface area contributed by atoms with Crippen molar-refractivity contribution < 1.29 is 0 Å². The lowest BCUT2D eigenvalue weighted by atomic mass is 9.94. The zero-order valence-corrected chi connectivity index (χ0v) is 15.5. The molecular weight excluding hydrogens is 356 g/mol. The largest absolute Gasteiger partial charge is 0.313 e. The van der Waals surface area contributed by atoms with Gasteiger partial charge in [0, 0.05) is 28.9 Å². The van der Waals surface area contributed by atoms with Crippen molar-refractivity contribution in [1.29, 1.82) is 0 Å². The van der Waals surface area contributed by atoms with Crippen molar-refractivity contribution >= 4 is 23.2 Å². The first-order valence-corrected chi connectivity index (χ1v) is 9.20. The molecule has 3 aromatic carbocycles. The molecule has 0 radical (unpaired) electrons. The average molecular weight is 373 g/mol. The minimum Gasteiger partial charge on any atom is -0.313 e. The smallest absolute Gasteiger partial charge is 0.232 e. The first kappa shape index (κ1) is 16.1. The maximum Gasteiger partial charge on any atom is 0.232 e. The van der Waals surface area contributed by atoms with Crippen LogP contribution in [-0.4, -0.2) is 21.8 Å². The summed E-state index contributed by atoms with van der Waals surface area (Å²) in [6.45, 7) is 0. The Labute approximate surface area is 162 Å². The lowest BCUT2D eigenvalue weighted by Crippen LogP contribution is -2.28. The Morgan fingerprint density at radius 2 is 1.56 bits per heavy atom. The Morgan fingerprint density at radius 3 is 2.30 bits per heavy atom. The van der Waals surface area contributed by atoms with Gasteiger partial charge in [0.15, 0.2) is 5.82 Å². The molecule has 1 unspecified atom stereocenters. The molecule has 4 nitrogen and oxygen atoms in total. The van der Waals surface area contributed by atoms with Crippen molar-refractivity contribution in [3.05, 3.63) is 95.0 Å². The topological polar surface area (TPSA) is 34.0 Å². The van der Waals surface area contributed by atoms with Gasteiger partial charge in [0.25, 0.3) is 0 Å². The summed E-state index contributed by atoms with van der Waals surface area (Å²) in [4.78, 5) is 2.07. The van der Waals surface area contributed by atoms with Gasteiger partial charge in [-0.25, -0.2) is 0 Å². The van der Waals surface area contributed by atoms with E-state index in [1.165, 1.54) is 5.56 Å². The van der Waals surface area contributed by atoms with Crippen LogP contribution < -0.4 is 4.90 Å². The van der Waals surface area contributed by atoms with Crippen molar-refractivity contribution in [2.75, 3.05) is 11.9 Å². The van der Waals surface area contributed by atoms with Crippen molar-refractivity contribution in [1.82, 2.24) is 14.8 Å². The molecule has 0 bridgehead atoms. The molecule has 0 saturated heterocycles. The molecule has 2 heterocycles. The van der Waals surface area contributed by atoms with Crippen LogP contribution in [0.5, 0.6) is 0 Å². The van der Waals surface area contributed by atoms with E-state index >= 15 is 0 Å². The summed E-state index contributed by atoms with van der Waals surface area (Å²) in [5.74, 6) is 1.66. The maximum absolute atomic E-state index is 6.38. The first-order valence-electron chi connectivity index (χ1n) is 8.82. The Morgan fingerprint density at radius 1 is 0.852 bits per heavy atom. The number of benzene rings is 3. The molecule has 0 spiro atoms. The Bertz CT molecular complexity index is 1110. The number of aromatic nitrogens is 3. The highest BCUT2D eigenvalue weighted by Gasteiger charge is 2.33. The highest BCUT2D eigenvalue weighted by atomic mass is 35.5. The highest BCUT2D eigenvalue weighted by molar-refractivity contribution is 6.30. The second kappa shape index (κ2) is 6.25. The van der Waals surface area contributed by atoms with Crippen LogP contribution in [0.3, 0.4) is 0 Å². The van der Waals surface area contributed by atoms with Crippen molar-refractivity contribution in [3.63, 3.8) is 0 Å². The summed E-state index contributed by atoms with van der Waals surface area (Å²) in [5.41, 5.74) is 4.44. The highest BCUT2D eigenvalue weighted by Crippen LogP contribution is 2.45. The van der Waals surface area contributed by atoms with E-state index in [0.717, 1.165) is 33.6 Å². The molecule has 1 aliphatic heterocycles. The number of anilines is 2. The number of hydrogen-bond donors (Lipinski definition) is 0. The number of fused-ring (bicyclic) bond motifs is 2. The van der Waals surface area contributed by atoms with Crippen LogP contribution >= 0.6 is 11.6 Å². The minimum atomic E-state index is -0.0451. The molecule has 0 aliphatic carbocycles. The number of rotatable bonds is 2. The summed E-state index contributed by atoms with van der Waals surface area (Å²) < 4.78 is 2.20. The normalized spacial score (nSPS) is 15.3. The monoisotopic (exact) mass is 372 g/mol. The fraction of sp³-hybridized carbons (Fsp3) is 0.0909. The average Bonchev–Trinajstić information content (AvgIpc) is 3.15. The van der Waals surface area contributed by atoms with E-state index in [4.69, 9.17) is 11.6 Å². The number of halogens is 1. The van der Waals surface area contributed by atoms with E-state index in [0.29, 0.717) is 0 Å². The van der Waals surface area contributed by atoms with Crippen LogP contribution in [0.25, 0.3) is 11.4 Å². The molecule has 0 N–H and O–H groups in total. The van der Waals surface area contributed by atoms with E-state index in [9.17, 15) is 0 Å². The first-order chi connectivity index (χ1) is 13.2. The number of nitrogens with zero attached hydrogens (tertiary/aromatic N) is 4. The van der Waals surface area contributed by atoms with Gasteiger partial charge in [-0.3, -0.25) is 4.57 Å². The van der Waals surface area contributed by atoms with Gasteiger partial charge in [-0.2, -0.15) is 0 Å². The maximum atomic E-state index is 6.38. The van der Waals surface area contributed by atoms with Crippen molar-refractivity contribution in [2.45, 2.75) is 6.04 Å². The van der Waals surface area contributed by atoms with Gasteiger partial charge >= 0.3 is 0 Å². The van der Waals surface area contributed by atoms with E-state index < -0.39 is 0 Å². The molecular formula is C22H17ClN4. The third-order valence-corrected chi connectivity index (χ3v) is 5.26. The van der Waals surface area contributed by atoms with Crippen molar-refractivity contribution in [3.8, 4) is 11.4 Å². The Balaban J connectivity index is 1.81. The fourth-order valence-electron chi connectivity index (χ4n) is 3.79. The van der Waals surface area contributed by atoms with Gasteiger partial charge in [-0.05, 0) is 23.8 Å². The zero-order chi connectivity index (χ0) is 18.4. The van der Waals surface area contributed by atoms with Gasteiger partial charge < -0.3 is 4.90 Å². The molecule has 132 valence electrons. The molecule has 27 heavy (non-hydrogen) atoms. The van der Waals surface area contributed by atoms with Crippen LogP contribution in [0.15, 0.2) is 78.9 Å². The molecule has 5 rings (SSSR count). The van der Waals surface area contributed by atoms with Gasteiger partial charge in [0.05, 0.1) is 6.04 Å². The lowest BCUT2D eigenvalue weighted by molar-refractivity contribution is 0.659. The molecule has 0 amide bonds. The summed E-state index contributed by atoms with van der Waals surface area (Å²) in [5, 5.41) is 9.78. The zero-order valence-electron chi connectivity index (χ0n) is 14.7. The van der Waals surface area contributed by atoms with Gasteiger partial charge in [0.1, 0.15) is 0 Å². The minimum absolute atomic E-state index is 0.0451. The molecule has 0 fully saturated rings. The SMILES string of the molecule is CN1c2ccc(Cl)cc2C(c2ccccc2)n2c(-c3ccccc3)nnc21. The second-order valence-corrected chi connectivity index (χ2v) is 7.07. The van der Waals surface area contributed by atoms with E-state index in [1.807, 2.05) is 49.5 Å². The number of hydrogen-bond acceptors (Lipinski definition) is 3. The van der Waals surface area contributed by atoms with Gasteiger partial charge in [-0.15, -0.1) is 10.2 Å². The predicted molar refractivity (Wildman–Crippen MR) is 109 cm³/mol. The molecule has 1 aromatic heterocycles. The fourth-order valence-corrected chi connectivity index (χ4v) is 3.97. The standard InChI is InChI=1S/C22H17ClN4/c1-26-19-13-12-17(23)14-18(19)20(15-8-4-2-5-9-15)27-21(24-25-22(26)27)16-10-6-3-7-11-16/h2-14,20H,1H3.